The Kier molecular flexibility index (Phi) is 4.49. The first kappa shape index (κ1) is 11.6. The first-order chi connectivity index (χ1) is 6.76. The zero-order valence-electron chi connectivity index (χ0n) is 8.82. The van der Waals surface area contributed by atoms with E-state index in [4.69, 9.17) is 13.6 Å². The molecule has 0 heterocycles. The Balaban J connectivity index is 2.74. The van der Waals surface area contributed by atoms with Gasteiger partial charge in [0.1, 0.15) is 0 Å². The first-order valence-electron chi connectivity index (χ1n) is 4.45. The van der Waals surface area contributed by atoms with Crippen LogP contribution in [0.4, 0.5) is 0 Å². The van der Waals surface area contributed by atoms with Crippen LogP contribution in [0.3, 0.4) is 0 Å². The molecule has 0 aliphatic heterocycles. The van der Waals surface area contributed by atoms with Crippen LogP contribution >= 0.6 is 7.94 Å². The second-order valence-corrected chi connectivity index (χ2v) is 5.90. The molecule has 0 aromatic heterocycles. The van der Waals surface area contributed by atoms with Gasteiger partial charge in [0, 0.05) is 0 Å². The minimum absolute atomic E-state index is 0.706. The van der Waals surface area contributed by atoms with E-state index in [0.717, 1.165) is 0 Å². The standard InChI is InChI=1S/C10H17O3P/c1-11-14(12-2,13-3)9-10-7-5-4-6-8-10/h4-8,14H,9H2,1-3H3. The van der Waals surface area contributed by atoms with Gasteiger partial charge in [0.05, 0.1) is 0 Å². The van der Waals surface area contributed by atoms with Crippen LogP contribution in [0.5, 0.6) is 0 Å². The number of hydrogen-bond acceptors (Lipinski definition) is 3. The minimum atomic E-state index is -2.46. The molecule has 4 heteroatoms. The first-order valence-corrected chi connectivity index (χ1v) is 6.39. The van der Waals surface area contributed by atoms with E-state index in [1.165, 1.54) is 5.56 Å². The van der Waals surface area contributed by atoms with Gasteiger partial charge < -0.3 is 0 Å². The second kappa shape index (κ2) is 5.42. The number of benzene rings is 1. The number of hydrogen-bond donors (Lipinski definition) is 0. The molecule has 0 amide bonds. The predicted octanol–water partition coefficient (Wildman–Crippen LogP) is 2.62. The van der Waals surface area contributed by atoms with E-state index in [9.17, 15) is 0 Å². The summed E-state index contributed by atoms with van der Waals surface area (Å²) in [5, 5.41) is 0. The molecule has 0 saturated heterocycles. The molecule has 14 heavy (non-hydrogen) atoms. The van der Waals surface area contributed by atoms with Crippen LogP contribution < -0.4 is 0 Å². The Morgan fingerprint density at radius 2 is 1.43 bits per heavy atom. The average molecular weight is 216 g/mol. The van der Waals surface area contributed by atoms with Gasteiger partial charge in [0.15, 0.2) is 0 Å². The molecule has 0 radical (unpaired) electrons. The van der Waals surface area contributed by atoms with Gasteiger partial charge in [0.25, 0.3) is 0 Å². The molecule has 0 unspecified atom stereocenters. The molecule has 1 rings (SSSR count). The van der Waals surface area contributed by atoms with Crippen LogP contribution in [0.25, 0.3) is 0 Å². The summed E-state index contributed by atoms with van der Waals surface area (Å²) in [7, 11) is 2.42. The van der Waals surface area contributed by atoms with Gasteiger partial charge in [-0.15, -0.1) is 0 Å². The van der Waals surface area contributed by atoms with Crippen molar-refractivity contribution in [3.63, 3.8) is 0 Å². The summed E-state index contributed by atoms with van der Waals surface area (Å²) in [6.45, 7) is 0. The van der Waals surface area contributed by atoms with Crippen LogP contribution in [0, 0.1) is 0 Å². The zero-order chi connectivity index (χ0) is 10.4. The van der Waals surface area contributed by atoms with E-state index in [0.29, 0.717) is 6.16 Å². The van der Waals surface area contributed by atoms with E-state index in [2.05, 4.69) is 0 Å². The van der Waals surface area contributed by atoms with Crippen molar-refractivity contribution in [3.05, 3.63) is 35.9 Å². The van der Waals surface area contributed by atoms with E-state index >= 15 is 0 Å². The van der Waals surface area contributed by atoms with Gasteiger partial charge in [0.2, 0.25) is 0 Å². The quantitative estimate of drug-likeness (QED) is 0.708. The monoisotopic (exact) mass is 216 g/mol. The molecule has 0 bridgehead atoms. The maximum absolute atomic E-state index is 5.33. The van der Waals surface area contributed by atoms with Gasteiger partial charge in [-0.25, -0.2) is 0 Å². The molecular formula is C10H17O3P. The summed E-state index contributed by atoms with van der Waals surface area (Å²) in [5.74, 6) is 0. The molecule has 0 N–H and O–H groups in total. The molecule has 3 nitrogen and oxygen atoms in total. The van der Waals surface area contributed by atoms with Gasteiger partial charge >= 0.3 is 84.9 Å². The fourth-order valence-electron chi connectivity index (χ4n) is 1.31. The Morgan fingerprint density at radius 3 is 1.86 bits per heavy atom. The predicted molar refractivity (Wildman–Crippen MR) is 59.5 cm³/mol. The number of rotatable bonds is 5. The molecular weight excluding hydrogens is 199 g/mol. The molecule has 0 spiro atoms. The van der Waals surface area contributed by atoms with E-state index < -0.39 is 7.94 Å². The molecule has 0 saturated carbocycles. The average Bonchev–Trinajstić information content (AvgIpc) is 2.28. The van der Waals surface area contributed by atoms with Gasteiger partial charge in [-0.05, 0) is 0 Å². The van der Waals surface area contributed by atoms with Crippen molar-refractivity contribution in [2.45, 2.75) is 6.16 Å². The topological polar surface area (TPSA) is 27.7 Å². The summed E-state index contributed by atoms with van der Waals surface area (Å²) < 4.78 is 16.0. The summed E-state index contributed by atoms with van der Waals surface area (Å²) in [4.78, 5) is 0. The van der Waals surface area contributed by atoms with E-state index in [1.54, 1.807) is 21.3 Å². The van der Waals surface area contributed by atoms with E-state index in [1.807, 2.05) is 30.3 Å². The molecule has 0 atom stereocenters. The summed E-state index contributed by atoms with van der Waals surface area (Å²) >= 11 is 0. The molecule has 0 fully saturated rings. The van der Waals surface area contributed by atoms with Gasteiger partial charge in [-0.3, -0.25) is 0 Å². The van der Waals surface area contributed by atoms with Crippen molar-refractivity contribution in [2.75, 3.05) is 21.3 Å². The maximum atomic E-state index is 5.33. The van der Waals surface area contributed by atoms with Crippen LogP contribution in [0.15, 0.2) is 30.3 Å². The van der Waals surface area contributed by atoms with Crippen LogP contribution in [0.2, 0.25) is 0 Å². The third-order valence-electron chi connectivity index (χ3n) is 2.20. The Morgan fingerprint density at radius 1 is 0.929 bits per heavy atom. The van der Waals surface area contributed by atoms with E-state index in [-0.39, 0.29) is 0 Å². The van der Waals surface area contributed by atoms with Crippen molar-refractivity contribution in [2.24, 2.45) is 0 Å². The third-order valence-corrected chi connectivity index (χ3v) is 4.90. The van der Waals surface area contributed by atoms with Crippen molar-refractivity contribution in [1.29, 1.82) is 0 Å². The van der Waals surface area contributed by atoms with Crippen LogP contribution in [-0.2, 0) is 19.7 Å². The molecule has 0 aliphatic carbocycles. The summed E-state index contributed by atoms with van der Waals surface area (Å²) in [6, 6.07) is 10.1. The Bertz CT molecular complexity index is 251. The SMILES string of the molecule is CO[PH](Cc1ccccc1)(OC)OC. The third kappa shape index (κ3) is 2.76. The second-order valence-electron chi connectivity index (χ2n) is 2.96. The normalized spacial score (nSPS) is 12.8. The van der Waals surface area contributed by atoms with Crippen molar-refractivity contribution < 1.29 is 13.6 Å². The van der Waals surface area contributed by atoms with Crippen molar-refractivity contribution in [3.8, 4) is 0 Å². The van der Waals surface area contributed by atoms with Gasteiger partial charge in [-0.2, -0.15) is 0 Å². The molecule has 1 aromatic rings. The Hall–Kier alpha value is -0.470. The molecule has 80 valence electrons. The van der Waals surface area contributed by atoms with Crippen LogP contribution in [-0.4, -0.2) is 21.3 Å². The van der Waals surface area contributed by atoms with Crippen LogP contribution in [0.1, 0.15) is 5.56 Å². The summed E-state index contributed by atoms with van der Waals surface area (Å²) in [5.41, 5.74) is 1.17. The Labute approximate surface area is 85.6 Å². The summed E-state index contributed by atoms with van der Waals surface area (Å²) in [6.07, 6.45) is 0.706. The van der Waals surface area contributed by atoms with Gasteiger partial charge in [-0.1, -0.05) is 0 Å². The van der Waals surface area contributed by atoms with Crippen molar-refractivity contribution >= 4 is 7.94 Å². The molecule has 0 aliphatic rings. The zero-order valence-corrected chi connectivity index (χ0v) is 9.82. The fourth-order valence-corrected chi connectivity index (χ4v) is 2.98. The van der Waals surface area contributed by atoms with Crippen molar-refractivity contribution in [1.82, 2.24) is 0 Å². The fraction of sp³-hybridized carbons (Fsp3) is 0.400. The molecule has 1 aromatic carbocycles.